The zero-order valence-corrected chi connectivity index (χ0v) is 6.84. The summed E-state index contributed by atoms with van der Waals surface area (Å²) in [5, 5.41) is 4.62. The van der Waals surface area contributed by atoms with E-state index in [1.54, 1.807) is 0 Å². The molecule has 0 aromatic carbocycles. The molecule has 66 valence electrons. The van der Waals surface area contributed by atoms with Gasteiger partial charge < -0.3 is 4.74 Å². The minimum absolute atomic E-state index is 0.138. The average molecular weight is 181 g/mol. The van der Waals surface area contributed by atoms with Crippen LogP contribution in [0.4, 0.5) is 0 Å². The van der Waals surface area contributed by atoms with Gasteiger partial charge in [0.25, 0.3) is 0 Å². The van der Waals surface area contributed by atoms with Gasteiger partial charge in [0.05, 0.1) is 13.2 Å². The number of rotatable bonds is 3. The molecule has 5 nitrogen and oxygen atoms in total. The molecule has 6 heteroatoms. The van der Waals surface area contributed by atoms with Crippen molar-refractivity contribution in [3.8, 4) is 0 Å². The molecule has 1 atom stereocenters. The van der Waals surface area contributed by atoms with Crippen molar-refractivity contribution >= 4 is 10.3 Å². The van der Waals surface area contributed by atoms with Crippen molar-refractivity contribution in [2.24, 2.45) is 11.1 Å². The van der Waals surface area contributed by atoms with Crippen molar-refractivity contribution in [1.29, 1.82) is 0 Å². The van der Waals surface area contributed by atoms with Crippen LogP contribution in [0.5, 0.6) is 0 Å². The molecule has 1 saturated heterocycles. The molecular formula is C5H11NO4S. The number of hydrogen-bond acceptors (Lipinski definition) is 4. The Balaban J connectivity index is 2.22. The lowest BCUT2D eigenvalue weighted by Gasteiger charge is -2.04. The van der Waals surface area contributed by atoms with Crippen LogP contribution < -0.4 is 5.14 Å². The predicted octanol–water partition coefficient (Wildman–Crippen LogP) is -0.757. The first-order chi connectivity index (χ1) is 5.08. The van der Waals surface area contributed by atoms with Crippen LogP contribution in [0.25, 0.3) is 0 Å². The summed E-state index contributed by atoms with van der Waals surface area (Å²) in [6, 6.07) is 0. The van der Waals surface area contributed by atoms with Crippen molar-refractivity contribution in [1.82, 2.24) is 0 Å². The first-order valence-electron chi connectivity index (χ1n) is 3.33. The van der Waals surface area contributed by atoms with Gasteiger partial charge in [0, 0.05) is 12.5 Å². The molecule has 0 aliphatic carbocycles. The SMILES string of the molecule is NS(=O)(=O)OCC1CCOC1. The average Bonchev–Trinajstić information content (AvgIpc) is 2.32. The molecule has 0 spiro atoms. The highest BCUT2D eigenvalue weighted by Crippen LogP contribution is 2.12. The minimum Gasteiger partial charge on any atom is -0.381 e. The third-order valence-electron chi connectivity index (χ3n) is 1.49. The van der Waals surface area contributed by atoms with Gasteiger partial charge in [-0.15, -0.1) is 0 Å². The summed E-state index contributed by atoms with van der Waals surface area (Å²) in [7, 11) is -3.77. The van der Waals surface area contributed by atoms with Crippen LogP contribution >= 0.6 is 0 Å². The molecule has 1 fully saturated rings. The zero-order chi connectivity index (χ0) is 8.32. The van der Waals surface area contributed by atoms with Gasteiger partial charge in [0.15, 0.2) is 0 Å². The maximum absolute atomic E-state index is 10.3. The molecule has 0 bridgehead atoms. The Kier molecular flexibility index (Phi) is 2.83. The van der Waals surface area contributed by atoms with E-state index < -0.39 is 10.3 Å². The van der Waals surface area contributed by atoms with E-state index in [2.05, 4.69) is 9.32 Å². The zero-order valence-electron chi connectivity index (χ0n) is 6.02. The van der Waals surface area contributed by atoms with Gasteiger partial charge >= 0.3 is 10.3 Å². The fraction of sp³-hybridized carbons (Fsp3) is 1.00. The first kappa shape index (κ1) is 8.92. The highest BCUT2D eigenvalue weighted by atomic mass is 32.2. The van der Waals surface area contributed by atoms with Crippen molar-refractivity contribution in [2.75, 3.05) is 19.8 Å². The molecule has 0 saturated carbocycles. The second-order valence-corrected chi connectivity index (χ2v) is 3.73. The molecule has 1 rings (SSSR count). The molecule has 1 heterocycles. The van der Waals surface area contributed by atoms with Gasteiger partial charge in [0.1, 0.15) is 0 Å². The molecule has 2 N–H and O–H groups in total. The normalized spacial score (nSPS) is 25.7. The smallest absolute Gasteiger partial charge is 0.333 e. The molecule has 1 aliphatic heterocycles. The van der Waals surface area contributed by atoms with E-state index in [9.17, 15) is 8.42 Å². The summed E-state index contributed by atoms with van der Waals surface area (Å²) < 4.78 is 30.0. The van der Waals surface area contributed by atoms with Crippen LogP contribution in [-0.4, -0.2) is 28.2 Å². The summed E-state index contributed by atoms with van der Waals surface area (Å²) >= 11 is 0. The molecule has 0 aromatic rings. The van der Waals surface area contributed by atoms with Gasteiger partial charge in [-0.05, 0) is 6.42 Å². The van der Waals surface area contributed by atoms with Crippen LogP contribution in [0.15, 0.2) is 0 Å². The van der Waals surface area contributed by atoms with Crippen LogP contribution in [-0.2, 0) is 19.2 Å². The Morgan fingerprint density at radius 3 is 2.82 bits per heavy atom. The summed E-state index contributed by atoms with van der Waals surface area (Å²) in [6.07, 6.45) is 0.843. The third kappa shape index (κ3) is 3.66. The van der Waals surface area contributed by atoms with E-state index in [1.807, 2.05) is 0 Å². The quantitative estimate of drug-likeness (QED) is 0.621. The fourth-order valence-corrected chi connectivity index (χ4v) is 1.29. The highest BCUT2D eigenvalue weighted by Gasteiger charge is 2.17. The van der Waals surface area contributed by atoms with Crippen molar-refractivity contribution in [2.45, 2.75) is 6.42 Å². The summed E-state index contributed by atoms with van der Waals surface area (Å²) in [5.74, 6) is 0.174. The minimum atomic E-state index is -3.77. The standard InChI is InChI=1S/C5H11NO4S/c6-11(7,8)10-4-5-1-2-9-3-5/h5H,1-4H2,(H2,6,7,8). The Hall–Kier alpha value is -0.170. The number of hydrogen-bond donors (Lipinski definition) is 1. The molecule has 1 aliphatic rings. The van der Waals surface area contributed by atoms with Crippen LogP contribution in [0.2, 0.25) is 0 Å². The topological polar surface area (TPSA) is 78.6 Å². The van der Waals surface area contributed by atoms with E-state index in [0.29, 0.717) is 13.2 Å². The molecule has 0 amide bonds. The summed E-state index contributed by atoms with van der Waals surface area (Å²) in [4.78, 5) is 0. The maximum atomic E-state index is 10.3. The van der Waals surface area contributed by atoms with Crippen LogP contribution in [0.1, 0.15) is 6.42 Å². The molecular weight excluding hydrogens is 170 g/mol. The van der Waals surface area contributed by atoms with Crippen LogP contribution in [0.3, 0.4) is 0 Å². The molecule has 11 heavy (non-hydrogen) atoms. The molecule has 1 unspecified atom stereocenters. The molecule has 0 aromatic heterocycles. The van der Waals surface area contributed by atoms with Crippen molar-refractivity contribution in [3.05, 3.63) is 0 Å². The van der Waals surface area contributed by atoms with Gasteiger partial charge in [-0.3, -0.25) is 4.18 Å². The lowest BCUT2D eigenvalue weighted by atomic mass is 10.1. The van der Waals surface area contributed by atoms with E-state index >= 15 is 0 Å². The monoisotopic (exact) mass is 181 g/mol. The second-order valence-electron chi connectivity index (χ2n) is 2.51. The fourth-order valence-electron chi connectivity index (χ4n) is 0.906. The Bertz CT molecular complexity index is 207. The lowest BCUT2D eigenvalue weighted by Crippen LogP contribution is -2.20. The first-order valence-corrected chi connectivity index (χ1v) is 4.80. The third-order valence-corrected chi connectivity index (χ3v) is 1.96. The second kappa shape index (κ2) is 3.48. The lowest BCUT2D eigenvalue weighted by molar-refractivity contribution is 0.168. The number of nitrogens with two attached hydrogens (primary N) is 1. The Morgan fingerprint density at radius 2 is 2.36 bits per heavy atom. The maximum Gasteiger partial charge on any atom is 0.333 e. The summed E-state index contributed by atoms with van der Waals surface area (Å²) in [5.41, 5.74) is 0. The van der Waals surface area contributed by atoms with Crippen molar-refractivity contribution in [3.63, 3.8) is 0 Å². The van der Waals surface area contributed by atoms with Gasteiger partial charge in [-0.2, -0.15) is 8.42 Å². The van der Waals surface area contributed by atoms with Gasteiger partial charge in [0.2, 0.25) is 0 Å². The van der Waals surface area contributed by atoms with Gasteiger partial charge in [-0.25, -0.2) is 5.14 Å². The summed E-state index contributed by atoms with van der Waals surface area (Å²) in [6.45, 7) is 1.38. The molecule has 0 radical (unpaired) electrons. The van der Waals surface area contributed by atoms with E-state index in [1.165, 1.54) is 0 Å². The van der Waals surface area contributed by atoms with Crippen LogP contribution in [0, 0.1) is 5.92 Å². The Morgan fingerprint density at radius 1 is 1.64 bits per heavy atom. The van der Waals surface area contributed by atoms with E-state index in [-0.39, 0.29) is 12.5 Å². The van der Waals surface area contributed by atoms with Gasteiger partial charge in [-0.1, -0.05) is 0 Å². The Labute approximate surface area is 65.7 Å². The highest BCUT2D eigenvalue weighted by molar-refractivity contribution is 7.84. The van der Waals surface area contributed by atoms with Crippen molar-refractivity contribution < 1.29 is 17.3 Å². The number of ether oxygens (including phenoxy) is 1. The predicted molar refractivity (Wildman–Crippen MR) is 38.0 cm³/mol. The largest absolute Gasteiger partial charge is 0.381 e. The van der Waals surface area contributed by atoms with E-state index in [4.69, 9.17) is 4.74 Å². The van der Waals surface area contributed by atoms with E-state index in [0.717, 1.165) is 6.42 Å².